The first-order valence-corrected chi connectivity index (χ1v) is 9.43. The van der Waals surface area contributed by atoms with Crippen molar-refractivity contribution in [2.24, 2.45) is 5.92 Å². The Morgan fingerprint density at radius 1 is 1.28 bits per heavy atom. The number of rotatable bonds is 5. The molecule has 138 valence electrons. The van der Waals surface area contributed by atoms with E-state index in [1.807, 2.05) is 6.07 Å². The van der Waals surface area contributed by atoms with Gasteiger partial charge in [-0.05, 0) is 44.2 Å². The lowest BCUT2D eigenvalue weighted by molar-refractivity contribution is -0.124. The second kappa shape index (κ2) is 7.85. The summed E-state index contributed by atoms with van der Waals surface area (Å²) in [6, 6.07) is 8.34. The number of aliphatic hydroxyl groups is 1. The Balaban J connectivity index is 1.55. The van der Waals surface area contributed by atoms with E-state index in [0.717, 1.165) is 45.4 Å². The second-order valence-electron chi connectivity index (χ2n) is 8.16. The van der Waals surface area contributed by atoms with Gasteiger partial charge in [0.2, 0.25) is 5.91 Å². The van der Waals surface area contributed by atoms with Crippen molar-refractivity contribution in [1.29, 1.82) is 0 Å². The number of carbonyl (C=O) groups excluding carboxylic acids is 1. The molecule has 0 aliphatic carbocycles. The van der Waals surface area contributed by atoms with Crippen LogP contribution in [0.3, 0.4) is 0 Å². The maximum atomic E-state index is 12.5. The van der Waals surface area contributed by atoms with Crippen LogP contribution >= 0.6 is 0 Å². The minimum absolute atomic E-state index is 0.0543. The molecule has 2 heterocycles. The fraction of sp³-hybridized carbons (Fsp3) is 0.650. The number of aliphatic hydroxyl groups excluding tert-OH is 1. The van der Waals surface area contributed by atoms with Gasteiger partial charge in [-0.2, -0.15) is 0 Å². The third-order valence-electron chi connectivity index (χ3n) is 5.48. The number of hydrogen-bond acceptors (Lipinski definition) is 4. The van der Waals surface area contributed by atoms with Crippen molar-refractivity contribution in [3.05, 3.63) is 35.4 Å². The smallest absolute Gasteiger partial charge is 0.224 e. The molecule has 2 aliphatic heterocycles. The first-order valence-electron chi connectivity index (χ1n) is 9.43. The van der Waals surface area contributed by atoms with E-state index in [-0.39, 0.29) is 23.5 Å². The van der Waals surface area contributed by atoms with Crippen molar-refractivity contribution in [2.75, 3.05) is 19.6 Å². The fourth-order valence-corrected chi connectivity index (χ4v) is 3.87. The van der Waals surface area contributed by atoms with E-state index in [2.05, 4.69) is 47.6 Å². The van der Waals surface area contributed by atoms with Crippen molar-refractivity contribution in [1.82, 2.24) is 15.5 Å². The number of benzene rings is 1. The quantitative estimate of drug-likeness (QED) is 0.759. The van der Waals surface area contributed by atoms with Gasteiger partial charge in [-0.3, -0.25) is 9.69 Å². The van der Waals surface area contributed by atoms with Crippen LogP contribution in [0.1, 0.15) is 44.2 Å². The number of amides is 1. The van der Waals surface area contributed by atoms with Crippen molar-refractivity contribution >= 4 is 5.91 Å². The van der Waals surface area contributed by atoms with Crippen molar-refractivity contribution in [3.63, 3.8) is 0 Å². The summed E-state index contributed by atoms with van der Waals surface area (Å²) < 4.78 is 0. The predicted octanol–water partition coefficient (Wildman–Crippen LogP) is 1.65. The third kappa shape index (κ3) is 5.03. The van der Waals surface area contributed by atoms with Crippen molar-refractivity contribution in [2.45, 2.75) is 57.8 Å². The van der Waals surface area contributed by atoms with Gasteiger partial charge in [-0.15, -0.1) is 0 Å². The summed E-state index contributed by atoms with van der Waals surface area (Å²) in [4.78, 5) is 14.8. The standard InChI is InChI=1S/C20H31N3O2/c1-20(2)11-17(13-22-20)19(25)21-12-15-5-3-4-6-16(15)14-23-9-7-18(24)8-10-23/h3-6,17-18,22,24H,7-14H2,1-2H3,(H,21,25). The summed E-state index contributed by atoms with van der Waals surface area (Å²) in [5, 5.41) is 16.2. The van der Waals surface area contributed by atoms with Crippen LogP contribution in [0.2, 0.25) is 0 Å². The molecule has 1 unspecified atom stereocenters. The number of hydrogen-bond donors (Lipinski definition) is 3. The molecule has 0 spiro atoms. The van der Waals surface area contributed by atoms with E-state index < -0.39 is 0 Å². The molecule has 2 saturated heterocycles. The SMILES string of the molecule is CC1(C)CC(C(=O)NCc2ccccc2CN2CCC(O)CC2)CN1. The van der Waals surface area contributed by atoms with E-state index in [4.69, 9.17) is 0 Å². The molecule has 0 aromatic heterocycles. The van der Waals surface area contributed by atoms with Crippen LogP contribution in [0, 0.1) is 5.92 Å². The maximum Gasteiger partial charge on any atom is 0.224 e. The van der Waals surface area contributed by atoms with Crippen LogP contribution in [-0.2, 0) is 17.9 Å². The molecule has 2 aliphatic rings. The first-order chi connectivity index (χ1) is 11.9. The highest BCUT2D eigenvalue weighted by atomic mass is 16.3. The molecular weight excluding hydrogens is 314 g/mol. The van der Waals surface area contributed by atoms with Gasteiger partial charge in [0.1, 0.15) is 0 Å². The highest BCUT2D eigenvalue weighted by Crippen LogP contribution is 2.23. The minimum atomic E-state index is -0.143. The zero-order valence-electron chi connectivity index (χ0n) is 15.4. The Morgan fingerprint density at radius 2 is 1.96 bits per heavy atom. The Bertz CT molecular complexity index is 594. The lowest BCUT2D eigenvalue weighted by Crippen LogP contribution is -2.36. The predicted molar refractivity (Wildman–Crippen MR) is 99.0 cm³/mol. The number of likely N-dealkylation sites (tertiary alicyclic amines) is 1. The molecule has 2 fully saturated rings. The number of carbonyl (C=O) groups is 1. The lowest BCUT2D eigenvalue weighted by atomic mass is 9.96. The van der Waals surface area contributed by atoms with Crippen LogP contribution in [0.4, 0.5) is 0 Å². The molecular formula is C20H31N3O2. The highest BCUT2D eigenvalue weighted by Gasteiger charge is 2.34. The average molecular weight is 345 g/mol. The Kier molecular flexibility index (Phi) is 5.77. The van der Waals surface area contributed by atoms with Gasteiger partial charge in [0.25, 0.3) is 0 Å². The van der Waals surface area contributed by atoms with Gasteiger partial charge in [-0.25, -0.2) is 0 Å². The second-order valence-corrected chi connectivity index (χ2v) is 8.16. The summed E-state index contributed by atoms with van der Waals surface area (Å²) in [6.07, 6.45) is 2.44. The Labute approximate surface area is 150 Å². The molecule has 0 saturated carbocycles. The van der Waals surface area contributed by atoms with E-state index in [9.17, 15) is 9.90 Å². The first kappa shape index (κ1) is 18.4. The lowest BCUT2D eigenvalue weighted by Gasteiger charge is -2.30. The van der Waals surface area contributed by atoms with Gasteiger partial charge >= 0.3 is 0 Å². The van der Waals surface area contributed by atoms with Crippen LogP contribution in [-0.4, -0.2) is 47.2 Å². The largest absolute Gasteiger partial charge is 0.393 e. The Hall–Kier alpha value is -1.43. The summed E-state index contributed by atoms with van der Waals surface area (Å²) in [5.41, 5.74) is 2.51. The van der Waals surface area contributed by atoms with Gasteiger partial charge in [0.15, 0.2) is 0 Å². The Morgan fingerprint density at radius 3 is 2.60 bits per heavy atom. The topological polar surface area (TPSA) is 64.6 Å². The van der Waals surface area contributed by atoms with E-state index >= 15 is 0 Å². The molecule has 25 heavy (non-hydrogen) atoms. The fourth-order valence-electron chi connectivity index (χ4n) is 3.87. The van der Waals surface area contributed by atoms with Gasteiger partial charge in [-0.1, -0.05) is 24.3 Å². The van der Waals surface area contributed by atoms with Crippen molar-refractivity contribution in [3.8, 4) is 0 Å². The summed E-state index contributed by atoms with van der Waals surface area (Å²) in [6.45, 7) is 8.39. The number of nitrogens with one attached hydrogen (secondary N) is 2. The van der Waals surface area contributed by atoms with Crippen LogP contribution < -0.4 is 10.6 Å². The molecule has 1 aromatic rings. The summed E-state index contributed by atoms with van der Waals surface area (Å²) in [7, 11) is 0. The molecule has 0 bridgehead atoms. The third-order valence-corrected chi connectivity index (χ3v) is 5.48. The molecule has 3 N–H and O–H groups in total. The number of piperidine rings is 1. The highest BCUT2D eigenvalue weighted by molar-refractivity contribution is 5.79. The minimum Gasteiger partial charge on any atom is -0.393 e. The van der Waals surface area contributed by atoms with Gasteiger partial charge < -0.3 is 15.7 Å². The zero-order valence-corrected chi connectivity index (χ0v) is 15.4. The summed E-state index contributed by atoms with van der Waals surface area (Å²) >= 11 is 0. The molecule has 1 atom stereocenters. The molecule has 0 radical (unpaired) electrons. The molecule has 5 heteroatoms. The molecule has 1 amide bonds. The van der Waals surface area contributed by atoms with Crippen LogP contribution in [0.25, 0.3) is 0 Å². The normalized spacial score (nSPS) is 24.4. The molecule has 1 aromatic carbocycles. The van der Waals surface area contributed by atoms with E-state index in [0.29, 0.717) is 6.54 Å². The monoisotopic (exact) mass is 345 g/mol. The maximum absolute atomic E-state index is 12.5. The van der Waals surface area contributed by atoms with E-state index in [1.165, 1.54) is 11.1 Å². The van der Waals surface area contributed by atoms with Crippen molar-refractivity contribution < 1.29 is 9.90 Å². The molecule has 5 nitrogen and oxygen atoms in total. The zero-order chi connectivity index (χ0) is 17.9. The van der Waals surface area contributed by atoms with Gasteiger partial charge in [0.05, 0.1) is 12.0 Å². The number of nitrogens with zero attached hydrogens (tertiary/aromatic N) is 1. The van der Waals surface area contributed by atoms with Gasteiger partial charge in [0, 0.05) is 38.3 Å². The summed E-state index contributed by atoms with van der Waals surface area (Å²) in [5.74, 6) is 0.208. The molecule has 3 rings (SSSR count). The van der Waals surface area contributed by atoms with Crippen LogP contribution in [0.15, 0.2) is 24.3 Å². The van der Waals surface area contributed by atoms with E-state index in [1.54, 1.807) is 0 Å². The van der Waals surface area contributed by atoms with Crippen LogP contribution in [0.5, 0.6) is 0 Å². The average Bonchev–Trinajstić information content (AvgIpc) is 2.96.